The van der Waals surface area contributed by atoms with Gasteiger partial charge >= 0.3 is 5.97 Å². The molecule has 1 aromatic heterocycles. The number of benzene rings is 1. The molecule has 6 bridgehead atoms. The predicted octanol–water partition coefficient (Wildman–Crippen LogP) is 4.57. The Morgan fingerprint density at radius 1 is 1.00 bits per heavy atom. The first-order valence-corrected chi connectivity index (χ1v) is 21.8. The third-order valence-corrected chi connectivity index (χ3v) is 14.3. The zero-order valence-corrected chi connectivity index (χ0v) is 37.2. The highest BCUT2D eigenvalue weighted by atomic mass is 16.7. The van der Waals surface area contributed by atoms with Gasteiger partial charge in [-0.3, -0.25) is 4.79 Å². The van der Waals surface area contributed by atoms with E-state index >= 15 is 4.79 Å². The lowest BCUT2D eigenvalue weighted by atomic mass is 9.44. The second-order valence-electron chi connectivity index (χ2n) is 19.4. The van der Waals surface area contributed by atoms with Crippen molar-refractivity contribution >= 4 is 29.5 Å². The fourth-order valence-electron chi connectivity index (χ4n) is 11.4. The second-order valence-corrected chi connectivity index (χ2v) is 19.4. The first kappa shape index (κ1) is 43.5. The quantitative estimate of drug-likeness (QED) is 0.138. The fraction of sp³-hybridized carbons (Fsp3) is 0.596. The number of rotatable bonds is 11. The van der Waals surface area contributed by atoms with Gasteiger partial charge in [-0.1, -0.05) is 29.4 Å². The molecular formula is C47H58N4O12. The molecule has 338 valence electrons. The third-order valence-electron chi connectivity index (χ3n) is 14.3. The molecule has 8 aliphatic rings. The summed E-state index contributed by atoms with van der Waals surface area (Å²) in [6.07, 6.45) is 5.56. The van der Waals surface area contributed by atoms with Crippen molar-refractivity contribution in [2.45, 2.75) is 147 Å². The van der Waals surface area contributed by atoms with Crippen LogP contribution in [0.1, 0.15) is 104 Å². The molecule has 5 fully saturated rings. The summed E-state index contributed by atoms with van der Waals surface area (Å²) >= 11 is 0. The number of allylic oxidation sites excluding steroid dienone is 4. The first-order chi connectivity index (χ1) is 29.8. The van der Waals surface area contributed by atoms with Gasteiger partial charge in [0.2, 0.25) is 6.29 Å². The van der Waals surface area contributed by atoms with Crippen LogP contribution in [-0.2, 0) is 30.2 Å². The number of fused-ring (bicyclic) bond motifs is 5. The van der Waals surface area contributed by atoms with Crippen LogP contribution in [0.2, 0.25) is 0 Å². The zero-order valence-electron chi connectivity index (χ0n) is 37.2. The number of carbonyl (C=O) groups excluding carboxylic acids is 2. The van der Waals surface area contributed by atoms with E-state index in [9.17, 15) is 25.2 Å². The number of aliphatic hydroxyl groups is 4. The van der Waals surface area contributed by atoms with Crippen LogP contribution in [0.25, 0.3) is 6.08 Å². The van der Waals surface area contributed by atoms with E-state index in [1.807, 2.05) is 60.6 Å². The lowest BCUT2D eigenvalue weighted by Crippen LogP contribution is -2.78. The van der Waals surface area contributed by atoms with Gasteiger partial charge in [0.15, 0.2) is 17.0 Å². The molecule has 5 aliphatic heterocycles. The molecule has 2 saturated heterocycles. The van der Waals surface area contributed by atoms with Crippen molar-refractivity contribution in [3.63, 3.8) is 0 Å². The Hall–Kier alpha value is -4.71. The lowest BCUT2D eigenvalue weighted by molar-refractivity contribution is -0.277. The normalized spacial score (nSPS) is 36.1. The Labute approximate surface area is 366 Å². The van der Waals surface area contributed by atoms with Gasteiger partial charge in [0, 0.05) is 29.4 Å². The van der Waals surface area contributed by atoms with E-state index in [1.54, 1.807) is 24.0 Å². The summed E-state index contributed by atoms with van der Waals surface area (Å²) in [4.78, 5) is 38.1. The van der Waals surface area contributed by atoms with E-state index in [1.165, 1.54) is 12.7 Å². The van der Waals surface area contributed by atoms with E-state index in [2.05, 4.69) is 17.1 Å². The second kappa shape index (κ2) is 15.2. The van der Waals surface area contributed by atoms with Crippen molar-refractivity contribution in [1.29, 1.82) is 0 Å². The minimum atomic E-state index is -1.75. The number of methoxy groups -OCH3 is 1. The van der Waals surface area contributed by atoms with E-state index in [0.29, 0.717) is 58.7 Å². The van der Waals surface area contributed by atoms with Crippen molar-refractivity contribution < 1.29 is 58.4 Å². The zero-order chi connectivity index (χ0) is 45.1. The minimum absolute atomic E-state index is 0.000969. The van der Waals surface area contributed by atoms with E-state index in [-0.39, 0.29) is 29.8 Å². The lowest BCUT2D eigenvalue weighted by Gasteiger charge is -2.63. The van der Waals surface area contributed by atoms with Crippen molar-refractivity contribution in [3.8, 4) is 17.2 Å². The van der Waals surface area contributed by atoms with Gasteiger partial charge in [0.1, 0.15) is 53.6 Å². The maximum atomic E-state index is 15.5. The molecule has 63 heavy (non-hydrogen) atoms. The highest BCUT2D eigenvalue weighted by Crippen LogP contribution is 2.73. The highest BCUT2D eigenvalue weighted by Gasteiger charge is 2.85. The highest BCUT2D eigenvalue weighted by molar-refractivity contribution is 6.14. The Bertz CT molecular complexity index is 2410. The van der Waals surface area contributed by atoms with Gasteiger partial charge in [0.25, 0.3) is 5.95 Å². The molecule has 0 amide bonds. The topological polar surface area (TPSA) is 214 Å². The van der Waals surface area contributed by atoms with Gasteiger partial charge in [-0.15, -0.1) is 5.10 Å². The molecule has 16 heteroatoms. The van der Waals surface area contributed by atoms with Crippen molar-refractivity contribution in [1.82, 2.24) is 14.8 Å². The summed E-state index contributed by atoms with van der Waals surface area (Å²) in [7, 11) is 1.31. The molecule has 3 aliphatic carbocycles. The van der Waals surface area contributed by atoms with Crippen LogP contribution < -0.4 is 14.2 Å². The Balaban J connectivity index is 1.35. The first-order valence-electron chi connectivity index (χ1n) is 21.8. The number of hydrogen-bond acceptors (Lipinski definition) is 15. The largest absolute Gasteiger partial charge is 0.482 e. The number of ketones is 1. The van der Waals surface area contributed by atoms with Crippen LogP contribution in [0.15, 0.2) is 52.3 Å². The fourth-order valence-corrected chi connectivity index (χ4v) is 11.4. The predicted molar refractivity (Wildman–Crippen MR) is 228 cm³/mol. The minimum Gasteiger partial charge on any atom is -0.482 e. The number of aromatic nitrogens is 3. The number of carbonyl (C=O) groups is 2. The average molecular weight is 871 g/mol. The van der Waals surface area contributed by atoms with Gasteiger partial charge in [-0.05, 0) is 93.2 Å². The summed E-state index contributed by atoms with van der Waals surface area (Å²) in [5, 5.41) is 48.2. The molecule has 2 aromatic rings. The number of hydrogen-bond donors (Lipinski definition) is 4. The number of aliphatic imine (C=N–C) groups is 1. The number of Topliss-reactive ketones (excluding diaryl/α,β-unsaturated/α-hetero) is 1. The van der Waals surface area contributed by atoms with Gasteiger partial charge in [-0.2, -0.15) is 4.98 Å². The van der Waals surface area contributed by atoms with E-state index in [0.717, 1.165) is 12.0 Å². The number of ether oxygens (including phenoxy) is 6. The molecular weight excluding hydrogens is 813 g/mol. The molecule has 3 saturated carbocycles. The smallest absolute Gasteiger partial charge is 0.333 e. The van der Waals surface area contributed by atoms with E-state index < -0.39 is 83.6 Å². The summed E-state index contributed by atoms with van der Waals surface area (Å²) in [5.74, 6) is -1.36. The summed E-state index contributed by atoms with van der Waals surface area (Å²) in [6.45, 7) is 15.0. The summed E-state index contributed by atoms with van der Waals surface area (Å²) in [5.41, 5.74) is -0.242. The van der Waals surface area contributed by atoms with Crippen LogP contribution in [0.4, 0.5) is 5.95 Å². The molecule has 6 heterocycles. The van der Waals surface area contributed by atoms with Crippen LogP contribution in [0.5, 0.6) is 17.2 Å². The summed E-state index contributed by atoms with van der Waals surface area (Å²) < 4.78 is 41.7. The Morgan fingerprint density at radius 2 is 1.75 bits per heavy atom. The van der Waals surface area contributed by atoms with Crippen LogP contribution >= 0.6 is 0 Å². The van der Waals surface area contributed by atoms with Gasteiger partial charge < -0.3 is 48.8 Å². The molecule has 4 N–H and O–H groups in total. The summed E-state index contributed by atoms with van der Waals surface area (Å²) in [6, 6.07) is -0.622. The number of aliphatic hydroxyl groups excluding tert-OH is 4. The van der Waals surface area contributed by atoms with E-state index in [4.69, 9.17) is 38.5 Å². The van der Waals surface area contributed by atoms with Crippen molar-refractivity contribution in [2.75, 3.05) is 13.7 Å². The number of esters is 1. The molecule has 7 unspecified atom stereocenters. The Kier molecular flexibility index (Phi) is 10.5. The third kappa shape index (κ3) is 6.41. The monoisotopic (exact) mass is 870 g/mol. The standard InChI is InChI=1S/C47H58N4O12/c1-22(2)11-10-16-45(8)17-15-26-37(61-45)25(13-12-23(3)4)39-30(38(26)60-42-36(55)35(54)34(53)28(20-52)59-42)32-31-33(51-21-48-43(49-32)50-51)27-19-29-44(6,7)63-46(40(27)56,47(29,31)62-39)18-14-24(5)41(57)58-9/h11-12,14-15,17,21,27-29,31,33-36,42,52-55H,10,13,16,18-20H2,1-9H3/t27?,28-,29?,31?,33?,34-,35+,36-,42+,45?,46?,47?/m0/s1. The molecule has 1 spiro atoms. The van der Waals surface area contributed by atoms with Crippen LogP contribution in [-0.4, -0.2) is 119 Å². The maximum absolute atomic E-state index is 15.5. The maximum Gasteiger partial charge on any atom is 0.333 e. The number of nitrogens with zero attached hydrogens (tertiary/aromatic N) is 4. The molecule has 10 rings (SSSR count). The van der Waals surface area contributed by atoms with Crippen LogP contribution in [0.3, 0.4) is 0 Å². The molecule has 0 radical (unpaired) electrons. The van der Waals surface area contributed by atoms with Gasteiger partial charge in [0.05, 0.1) is 48.1 Å². The van der Waals surface area contributed by atoms with Crippen LogP contribution in [0, 0.1) is 17.8 Å². The molecule has 16 nitrogen and oxygen atoms in total. The SMILES string of the molecule is COC(=O)C(C)=CCC12OC(C)(C)C3CC(C1=O)C1C4C(=Nc5ncn1n5)c1c(O[C@H]5O[C@@H](CO)[C@H](O)[C@@H](O)[C@@H]5O)c5c(c(CC=C(C)C)c1OC432)OC(C)(CCC=C(C)C)C=C5. The van der Waals surface area contributed by atoms with Gasteiger partial charge in [-0.25, -0.2) is 14.5 Å². The van der Waals surface area contributed by atoms with Crippen molar-refractivity contribution in [2.24, 2.45) is 22.7 Å². The average Bonchev–Trinajstić information content (AvgIpc) is 3.69. The molecule has 1 aromatic carbocycles. The Morgan fingerprint density at radius 3 is 2.44 bits per heavy atom. The molecule has 12 atom stereocenters. The van der Waals surface area contributed by atoms with Crippen molar-refractivity contribution in [3.05, 3.63) is 64.0 Å².